The Kier molecular flexibility index (Phi) is 4.90. The predicted molar refractivity (Wildman–Crippen MR) is 71.6 cm³/mol. The van der Waals surface area contributed by atoms with E-state index >= 15 is 0 Å². The Labute approximate surface area is 108 Å². The number of carbonyl (C=O) groups excluding carboxylic acids is 1. The highest BCUT2D eigenvalue weighted by Crippen LogP contribution is 2.27. The van der Waals surface area contributed by atoms with E-state index in [2.05, 4.69) is 0 Å². The first-order chi connectivity index (χ1) is 8.29. The third kappa shape index (κ3) is 4.87. The van der Waals surface area contributed by atoms with Gasteiger partial charge in [-0.05, 0) is 17.4 Å². The van der Waals surface area contributed by atoms with Gasteiger partial charge in [0.1, 0.15) is 0 Å². The number of carbonyl (C=O) groups is 1. The monoisotopic (exact) mass is 269 g/mol. The second-order valence-electron chi connectivity index (χ2n) is 4.76. The molecule has 1 atom stereocenters. The largest absolute Gasteiger partial charge is 0.274 e. The molecule has 0 saturated heterocycles. The van der Waals surface area contributed by atoms with E-state index < -0.39 is 15.9 Å². The molecule has 0 aliphatic heterocycles. The van der Waals surface area contributed by atoms with Crippen molar-refractivity contribution >= 4 is 15.9 Å². The van der Waals surface area contributed by atoms with Gasteiger partial charge in [0, 0.05) is 6.42 Å². The van der Waals surface area contributed by atoms with Crippen molar-refractivity contribution < 1.29 is 13.2 Å². The van der Waals surface area contributed by atoms with Gasteiger partial charge in [-0.15, -0.1) is 0 Å². The van der Waals surface area contributed by atoms with Gasteiger partial charge in [-0.25, -0.2) is 8.42 Å². The van der Waals surface area contributed by atoms with E-state index in [1.807, 2.05) is 48.9 Å². The highest BCUT2D eigenvalue weighted by Gasteiger charge is 2.20. The SMILES string of the molecule is CC(C)[C@H](CC(=O)NS(C)(=O)=O)c1ccccc1. The second kappa shape index (κ2) is 6.00. The molecule has 0 spiro atoms. The summed E-state index contributed by atoms with van der Waals surface area (Å²) in [6.45, 7) is 4.04. The van der Waals surface area contributed by atoms with Crippen molar-refractivity contribution in [3.05, 3.63) is 35.9 Å². The fourth-order valence-electron chi connectivity index (χ4n) is 1.89. The predicted octanol–water partition coefficient (Wildman–Crippen LogP) is 1.89. The molecule has 100 valence electrons. The molecular weight excluding hydrogens is 250 g/mol. The highest BCUT2D eigenvalue weighted by atomic mass is 32.2. The van der Waals surface area contributed by atoms with Crippen LogP contribution >= 0.6 is 0 Å². The van der Waals surface area contributed by atoms with Gasteiger partial charge in [0.2, 0.25) is 15.9 Å². The minimum absolute atomic E-state index is 0.0212. The van der Waals surface area contributed by atoms with Crippen LogP contribution in [-0.4, -0.2) is 20.6 Å². The molecule has 0 saturated carbocycles. The van der Waals surface area contributed by atoms with Crippen LogP contribution in [0.5, 0.6) is 0 Å². The van der Waals surface area contributed by atoms with Gasteiger partial charge in [-0.2, -0.15) is 0 Å². The summed E-state index contributed by atoms with van der Waals surface area (Å²) in [4.78, 5) is 11.7. The summed E-state index contributed by atoms with van der Waals surface area (Å²) in [5, 5.41) is 0. The number of amides is 1. The maximum atomic E-state index is 11.7. The van der Waals surface area contributed by atoms with E-state index in [0.29, 0.717) is 0 Å². The number of sulfonamides is 1. The van der Waals surface area contributed by atoms with E-state index in [1.165, 1.54) is 0 Å². The highest BCUT2D eigenvalue weighted by molar-refractivity contribution is 7.89. The average Bonchev–Trinajstić information content (AvgIpc) is 2.24. The fourth-order valence-corrected chi connectivity index (χ4v) is 2.38. The van der Waals surface area contributed by atoms with Crippen LogP contribution in [0, 0.1) is 5.92 Å². The lowest BCUT2D eigenvalue weighted by molar-refractivity contribution is -0.119. The Bertz CT molecular complexity index is 494. The van der Waals surface area contributed by atoms with Crippen LogP contribution in [-0.2, 0) is 14.8 Å². The molecule has 0 bridgehead atoms. The zero-order valence-electron chi connectivity index (χ0n) is 10.9. The third-order valence-electron chi connectivity index (χ3n) is 2.74. The molecule has 1 amide bonds. The maximum Gasteiger partial charge on any atom is 0.234 e. The molecule has 1 rings (SSSR count). The molecule has 5 heteroatoms. The summed E-state index contributed by atoms with van der Waals surface area (Å²) < 4.78 is 24.0. The molecule has 0 radical (unpaired) electrons. The van der Waals surface area contributed by atoms with Crippen LogP contribution in [0.25, 0.3) is 0 Å². The molecule has 0 aromatic heterocycles. The molecule has 0 heterocycles. The van der Waals surface area contributed by atoms with Crippen LogP contribution in [0.1, 0.15) is 31.7 Å². The van der Waals surface area contributed by atoms with Gasteiger partial charge in [-0.3, -0.25) is 9.52 Å². The Balaban J connectivity index is 2.80. The van der Waals surface area contributed by atoms with Crippen LogP contribution in [0.15, 0.2) is 30.3 Å². The van der Waals surface area contributed by atoms with Crippen LogP contribution in [0.2, 0.25) is 0 Å². The van der Waals surface area contributed by atoms with Gasteiger partial charge in [0.15, 0.2) is 0 Å². The molecule has 0 aliphatic rings. The third-order valence-corrected chi connectivity index (χ3v) is 3.34. The minimum atomic E-state index is -3.48. The molecule has 1 N–H and O–H groups in total. The van der Waals surface area contributed by atoms with Crippen molar-refractivity contribution in [2.45, 2.75) is 26.2 Å². The van der Waals surface area contributed by atoms with E-state index in [1.54, 1.807) is 0 Å². The quantitative estimate of drug-likeness (QED) is 0.888. The average molecular weight is 269 g/mol. The van der Waals surface area contributed by atoms with Gasteiger partial charge >= 0.3 is 0 Å². The summed E-state index contributed by atoms with van der Waals surface area (Å²) in [6.07, 6.45) is 1.16. The normalized spacial score (nSPS) is 13.3. The zero-order valence-corrected chi connectivity index (χ0v) is 11.7. The Morgan fingerprint density at radius 1 is 1.22 bits per heavy atom. The smallest absolute Gasteiger partial charge is 0.234 e. The second-order valence-corrected chi connectivity index (χ2v) is 6.51. The topological polar surface area (TPSA) is 63.2 Å². The van der Waals surface area contributed by atoms with Gasteiger partial charge < -0.3 is 0 Å². The fraction of sp³-hybridized carbons (Fsp3) is 0.462. The summed E-state index contributed by atoms with van der Waals surface area (Å²) >= 11 is 0. The number of hydrogen-bond donors (Lipinski definition) is 1. The van der Waals surface area contributed by atoms with Crippen molar-refractivity contribution in [2.75, 3.05) is 6.26 Å². The van der Waals surface area contributed by atoms with E-state index in [9.17, 15) is 13.2 Å². The van der Waals surface area contributed by atoms with Crippen molar-refractivity contribution in [3.63, 3.8) is 0 Å². The minimum Gasteiger partial charge on any atom is -0.274 e. The molecule has 0 unspecified atom stereocenters. The van der Waals surface area contributed by atoms with Crippen LogP contribution < -0.4 is 4.72 Å². The van der Waals surface area contributed by atoms with Crippen molar-refractivity contribution in [2.24, 2.45) is 5.92 Å². The first-order valence-corrected chi connectivity index (χ1v) is 7.74. The van der Waals surface area contributed by atoms with Gasteiger partial charge in [0.25, 0.3) is 0 Å². The van der Waals surface area contributed by atoms with Gasteiger partial charge in [0.05, 0.1) is 6.26 Å². The summed E-state index contributed by atoms with van der Waals surface area (Å²) in [5.41, 5.74) is 1.05. The van der Waals surface area contributed by atoms with Crippen LogP contribution in [0.4, 0.5) is 0 Å². The molecule has 1 aromatic carbocycles. The lowest BCUT2D eigenvalue weighted by Crippen LogP contribution is -2.31. The van der Waals surface area contributed by atoms with Crippen molar-refractivity contribution in [1.82, 2.24) is 4.72 Å². The van der Waals surface area contributed by atoms with E-state index in [0.717, 1.165) is 11.8 Å². The Morgan fingerprint density at radius 3 is 2.22 bits per heavy atom. The molecule has 18 heavy (non-hydrogen) atoms. The molecule has 1 aromatic rings. The van der Waals surface area contributed by atoms with Crippen LogP contribution in [0.3, 0.4) is 0 Å². The standard InChI is InChI=1S/C13H19NO3S/c1-10(2)12(11-7-5-4-6-8-11)9-13(15)14-18(3,16)17/h4-8,10,12H,9H2,1-3H3,(H,14,15)/t12-/m0/s1. The number of nitrogens with one attached hydrogen (secondary N) is 1. The zero-order chi connectivity index (χ0) is 13.8. The maximum absolute atomic E-state index is 11.7. The molecule has 4 nitrogen and oxygen atoms in total. The summed E-state index contributed by atoms with van der Waals surface area (Å²) in [6, 6.07) is 9.66. The van der Waals surface area contributed by atoms with E-state index in [-0.39, 0.29) is 18.3 Å². The number of benzene rings is 1. The summed E-state index contributed by atoms with van der Waals surface area (Å²) in [7, 11) is -3.48. The molecular formula is C13H19NO3S. The number of hydrogen-bond acceptors (Lipinski definition) is 3. The molecule has 0 aliphatic carbocycles. The Hall–Kier alpha value is -1.36. The van der Waals surface area contributed by atoms with Crippen molar-refractivity contribution in [3.8, 4) is 0 Å². The van der Waals surface area contributed by atoms with Crippen molar-refractivity contribution in [1.29, 1.82) is 0 Å². The number of rotatable bonds is 5. The lowest BCUT2D eigenvalue weighted by Gasteiger charge is -2.20. The first kappa shape index (κ1) is 14.7. The van der Waals surface area contributed by atoms with Gasteiger partial charge in [-0.1, -0.05) is 44.2 Å². The lowest BCUT2D eigenvalue weighted by atomic mass is 9.86. The van der Waals surface area contributed by atoms with E-state index in [4.69, 9.17) is 0 Å². The first-order valence-electron chi connectivity index (χ1n) is 5.85. The molecule has 0 fully saturated rings. The summed E-state index contributed by atoms with van der Waals surface area (Å²) in [5.74, 6) is -0.175. The Morgan fingerprint density at radius 2 is 1.78 bits per heavy atom.